The molecule has 0 unspecified atom stereocenters. The van der Waals surface area contributed by atoms with Gasteiger partial charge in [0.05, 0.1) is 11.3 Å². The van der Waals surface area contributed by atoms with Crippen LogP contribution in [0.3, 0.4) is 0 Å². The minimum atomic E-state index is 0.259. The molecule has 19 heavy (non-hydrogen) atoms. The van der Waals surface area contributed by atoms with Gasteiger partial charge in [0.15, 0.2) is 0 Å². The van der Waals surface area contributed by atoms with Crippen molar-refractivity contribution in [1.82, 2.24) is 15.1 Å². The highest BCUT2D eigenvalue weighted by atomic mass is 16.5. The summed E-state index contributed by atoms with van der Waals surface area (Å²) in [6, 6.07) is 9.78. The second-order valence-electron chi connectivity index (χ2n) is 4.23. The maximum absolute atomic E-state index is 5.85. The molecule has 0 aliphatic rings. The average Bonchev–Trinajstić information content (AvgIpc) is 2.82. The number of nitrogen functional groups attached to an aromatic ring is 1. The molecule has 0 aliphatic carbocycles. The predicted octanol–water partition coefficient (Wildman–Crippen LogP) is 2.69. The Balaban J connectivity index is 2.16. The largest absolute Gasteiger partial charge is 0.367 e. The summed E-state index contributed by atoms with van der Waals surface area (Å²) in [7, 11) is 0. The molecular weight excluding hydrogens is 240 g/mol. The number of hydrogen-bond donors (Lipinski definition) is 1. The number of nitrogens with two attached hydrogens (primary N) is 1. The standard InChI is InChI=1S/C14H12N4O/c1-9-2-4-10(5-3-9)13-12(14(15)19-18-13)11-6-7-16-8-17-11/h2-8H,15H2,1H3. The van der Waals surface area contributed by atoms with Gasteiger partial charge in [0.25, 0.3) is 0 Å². The Morgan fingerprint density at radius 1 is 1.11 bits per heavy atom. The van der Waals surface area contributed by atoms with Crippen molar-refractivity contribution in [2.45, 2.75) is 6.92 Å². The lowest BCUT2D eigenvalue weighted by Crippen LogP contribution is -1.90. The predicted molar refractivity (Wildman–Crippen MR) is 72.1 cm³/mol. The molecule has 3 aromatic rings. The maximum Gasteiger partial charge on any atom is 0.232 e. The summed E-state index contributed by atoms with van der Waals surface area (Å²) in [5.41, 5.74) is 10.1. The summed E-state index contributed by atoms with van der Waals surface area (Å²) in [6.45, 7) is 2.03. The van der Waals surface area contributed by atoms with Crippen molar-refractivity contribution in [3.8, 4) is 22.5 Å². The molecule has 0 radical (unpaired) electrons. The van der Waals surface area contributed by atoms with Gasteiger partial charge in [0, 0.05) is 11.8 Å². The van der Waals surface area contributed by atoms with Crippen molar-refractivity contribution < 1.29 is 4.52 Å². The number of aromatic nitrogens is 3. The van der Waals surface area contributed by atoms with Crippen LogP contribution in [0.2, 0.25) is 0 Å². The van der Waals surface area contributed by atoms with E-state index >= 15 is 0 Å². The number of rotatable bonds is 2. The van der Waals surface area contributed by atoms with Crippen molar-refractivity contribution in [3.05, 3.63) is 48.4 Å². The van der Waals surface area contributed by atoms with Crippen LogP contribution < -0.4 is 5.73 Å². The molecule has 0 saturated heterocycles. The lowest BCUT2D eigenvalue weighted by Gasteiger charge is -2.02. The van der Waals surface area contributed by atoms with Crippen molar-refractivity contribution in [1.29, 1.82) is 0 Å². The fourth-order valence-electron chi connectivity index (χ4n) is 1.90. The van der Waals surface area contributed by atoms with Gasteiger partial charge in [-0.15, -0.1) is 0 Å². The van der Waals surface area contributed by atoms with E-state index in [1.54, 1.807) is 12.3 Å². The third-order valence-electron chi connectivity index (χ3n) is 2.88. The Morgan fingerprint density at radius 3 is 2.58 bits per heavy atom. The molecule has 2 heterocycles. The Bertz CT molecular complexity index is 689. The second-order valence-corrected chi connectivity index (χ2v) is 4.23. The molecule has 0 saturated carbocycles. The first kappa shape index (κ1) is 11.4. The maximum atomic E-state index is 5.85. The summed E-state index contributed by atoms with van der Waals surface area (Å²) in [6.07, 6.45) is 3.13. The Labute approximate surface area is 110 Å². The van der Waals surface area contributed by atoms with E-state index < -0.39 is 0 Å². The minimum Gasteiger partial charge on any atom is -0.367 e. The van der Waals surface area contributed by atoms with Gasteiger partial charge in [-0.1, -0.05) is 35.0 Å². The van der Waals surface area contributed by atoms with Crippen LogP contribution in [-0.4, -0.2) is 15.1 Å². The smallest absolute Gasteiger partial charge is 0.232 e. The number of hydrogen-bond acceptors (Lipinski definition) is 5. The fourth-order valence-corrected chi connectivity index (χ4v) is 1.90. The Morgan fingerprint density at radius 2 is 1.89 bits per heavy atom. The van der Waals surface area contributed by atoms with Crippen molar-refractivity contribution >= 4 is 5.88 Å². The molecule has 5 nitrogen and oxygen atoms in total. The average molecular weight is 252 g/mol. The summed E-state index contributed by atoms with van der Waals surface area (Å²) >= 11 is 0. The highest BCUT2D eigenvalue weighted by Crippen LogP contribution is 2.34. The van der Waals surface area contributed by atoms with Crippen LogP contribution in [-0.2, 0) is 0 Å². The molecular formula is C14H12N4O. The summed E-state index contributed by atoms with van der Waals surface area (Å²) in [5.74, 6) is 0.259. The lowest BCUT2D eigenvalue weighted by molar-refractivity contribution is 0.439. The molecule has 0 spiro atoms. The van der Waals surface area contributed by atoms with E-state index in [1.165, 1.54) is 11.9 Å². The van der Waals surface area contributed by atoms with Gasteiger partial charge < -0.3 is 10.3 Å². The van der Waals surface area contributed by atoms with Gasteiger partial charge in [-0.25, -0.2) is 9.97 Å². The molecule has 5 heteroatoms. The Kier molecular flexibility index (Phi) is 2.72. The van der Waals surface area contributed by atoms with Gasteiger partial charge in [-0.3, -0.25) is 0 Å². The third-order valence-corrected chi connectivity index (χ3v) is 2.88. The zero-order valence-corrected chi connectivity index (χ0v) is 10.4. The van der Waals surface area contributed by atoms with Gasteiger partial charge in [-0.05, 0) is 13.0 Å². The van der Waals surface area contributed by atoms with Gasteiger partial charge in [0.2, 0.25) is 5.88 Å². The van der Waals surface area contributed by atoms with Crippen LogP contribution in [0.1, 0.15) is 5.56 Å². The van der Waals surface area contributed by atoms with Crippen LogP contribution in [0.25, 0.3) is 22.5 Å². The number of aryl methyl sites for hydroxylation is 1. The topological polar surface area (TPSA) is 77.8 Å². The molecule has 3 rings (SSSR count). The molecule has 0 atom stereocenters. The minimum absolute atomic E-state index is 0.259. The first-order valence-corrected chi connectivity index (χ1v) is 5.84. The molecule has 0 fully saturated rings. The van der Waals surface area contributed by atoms with E-state index in [-0.39, 0.29) is 5.88 Å². The third kappa shape index (κ3) is 2.06. The van der Waals surface area contributed by atoms with E-state index in [0.29, 0.717) is 17.0 Å². The monoisotopic (exact) mass is 252 g/mol. The van der Waals surface area contributed by atoms with E-state index in [1.807, 2.05) is 31.2 Å². The van der Waals surface area contributed by atoms with Gasteiger partial charge in [-0.2, -0.15) is 0 Å². The van der Waals surface area contributed by atoms with Crippen molar-refractivity contribution in [2.24, 2.45) is 0 Å². The summed E-state index contributed by atoms with van der Waals surface area (Å²) in [4.78, 5) is 8.09. The van der Waals surface area contributed by atoms with Gasteiger partial charge >= 0.3 is 0 Å². The second kappa shape index (κ2) is 4.53. The quantitative estimate of drug-likeness (QED) is 0.758. The number of anilines is 1. The molecule has 0 aliphatic heterocycles. The van der Waals surface area contributed by atoms with E-state index in [9.17, 15) is 0 Å². The zero-order valence-electron chi connectivity index (χ0n) is 10.4. The molecule has 0 bridgehead atoms. The first-order chi connectivity index (χ1) is 9.25. The lowest BCUT2D eigenvalue weighted by atomic mass is 10.0. The highest BCUT2D eigenvalue weighted by molar-refractivity contribution is 5.84. The number of benzene rings is 1. The molecule has 2 aromatic heterocycles. The molecule has 94 valence electrons. The molecule has 2 N–H and O–H groups in total. The van der Waals surface area contributed by atoms with E-state index in [4.69, 9.17) is 10.3 Å². The van der Waals surface area contributed by atoms with E-state index in [0.717, 1.165) is 5.56 Å². The Hall–Kier alpha value is -2.69. The number of nitrogens with zero attached hydrogens (tertiary/aromatic N) is 3. The van der Waals surface area contributed by atoms with Crippen LogP contribution in [0, 0.1) is 6.92 Å². The SMILES string of the molecule is Cc1ccc(-c2noc(N)c2-c2ccncn2)cc1. The van der Waals surface area contributed by atoms with Crippen LogP contribution in [0.4, 0.5) is 5.88 Å². The molecule has 1 aromatic carbocycles. The van der Waals surface area contributed by atoms with Crippen LogP contribution >= 0.6 is 0 Å². The van der Waals surface area contributed by atoms with Gasteiger partial charge in [0.1, 0.15) is 12.0 Å². The zero-order chi connectivity index (χ0) is 13.2. The van der Waals surface area contributed by atoms with Crippen molar-refractivity contribution in [2.75, 3.05) is 5.73 Å². The summed E-state index contributed by atoms with van der Waals surface area (Å²) in [5, 5.41) is 4.03. The summed E-state index contributed by atoms with van der Waals surface area (Å²) < 4.78 is 5.10. The highest BCUT2D eigenvalue weighted by Gasteiger charge is 2.18. The van der Waals surface area contributed by atoms with Crippen LogP contribution in [0.15, 0.2) is 47.4 Å². The first-order valence-electron chi connectivity index (χ1n) is 5.84. The van der Waals surface area contributed by atoms with Crippen molar-refractivity contribution in [3.63, 3.8) is 0 Å². The molecule has 0 amide bonds. The van der Waals surface area contributed by atoms with Crippen LogP contribution in [0.5, 0.6) is 0 Å². The fraction of sp³-hybridized carbons (Fsp3) is 0.0714. The van der Waals surface area contributed by atoms with E-state index in [2.05, 4.69) is 15.1 Å². The normalized spacial score (nSPS) is 10.6.